The van der Waals surface area contributed by atoms with Crippen molar-refractivity contribution in [1.82, 2.24) is 5.16 Å². The van der Waals surface area contributed by atoms with E-state index in [4.69, 9.17) is 10.3 Å². The van der Waals surface area contributed by atoms with Gasteiger partial charge >= 0.3 is 11.8 Å². The number of carbonyl (C=O) groups excluding carboxylic acids is 2. The average molecular weight is 274 g/mol. The number of hydrogen-bond donors (Lipinski definition) is 3. The molecule has 0 unspecified atom stereocenters. The van der Waals surface area contributed by atoms with Crippen LogP contribution < -0.4 is 16.4 Å². The molecular formula is C13H14N4O3. The van der Waals surface area contributed by atoms with Crippen LogP contribution in [0.3, 0.4) is 0 Å². The minimum absolute atomic E-state index is 0.180. The molecule has 0 aliphatic rings. The molecule has 7 nitrogen and oxygen atoms in total. The molecule has 1 heterocycles. The fourth-order valence-electron chi connectivity index (χ4n) is 1.57. The molecule has 0 spiro atoms. The quantitative estimate of drug-likeness (QED) is 0.567. The molecule has 1 aromatic heterocycles. The third kappa shape index (κ3) is 3.14. The van der Waals surface area contributed by atoms with E-state index in [9.17, 15) is 9.59 Å². The van der Waals surface area contributed by atoms with Crippen LogP contribution in [0.5, 0.6) is 0 Å². The number of hydrogen-bond acceptors (Lipinski definition) is 5. The van der Waals surface area contributed by atoms with Gasteiger partial charge in [-0.3, -0.25) is 14.9 Å². The van der Waals surface area contributed by atoms with Crippen molar-refractivity contribution in [1.29, 1.82) is 0 Å². The minimum atomic E-state index is -0.849. The summed E-state index contributed by atoms with van der Waals surface area (Å²) in [6.07, 6.45) is 0. The van der Waals surface area contributed by atoms with E-state index >= 15 is 0 Å². The molecule has 2 rings (SSSR count). The second-order valence-electron chi connectivity index (χ2n) is 4.32. The van der Waals surface area contributed by atoms with E-state index in [2.05, 4.69) is 15.8 Å². The lowest BCUT2D eigenvalue weighted by atomic mass is 10.2. The Morgan fingerprint density at radius 3 is 2.45 bits per heavy atom. The van der Waals surface area contributed by atoms with Gasteiger partial charge in [0.05, 0.1) is 11.4 Å². The van der Waals surface area contributed by atoms with E-state index in [1.54, 1.807) is 25.1 Å². The Morgan fingerprint density at radius 1 is 1.15 bits per heavy atom. The number of nitrogens with zero attached hydrogens (tertiary/aromatic N) is 1. The molecule has 0 saturated heterocycles. The topological polar surface area (TPSA) is 110 Å². The van der Waals surface area contributed by atoms with Crippen LogP contribution >= 0.6 is 0 Å². The SMILES string of the molecule is Cc1ccc(NC(=O)C(=O)Nc2cc(C)on2)c(N)c1. The molecule has 0 aliphatic carbocycles. The molecule has 0 fully saturated rings. The van der Waals surface area contributed by atoms with Gasteiger partial charge in [-0.1, -0.05) is 11.2 Å². The third-order valence-corrected chi connectivity index (χ3v) is 2.53. The second kappa shape index (κ2) is 5.43. The largest absolute Gasteiger partial charge is 0.397 e. The fraction of sp³-hybridized carbons (Fsp3) is 0.154. The number of anilines is 3. The zero-order valence-electron chi connectivity index (χ0n) is 11.1. The lowest BCUT2D eigenvalue weighted by molar-refractivity contribution is -0.133. The molecule has 0 bridgehead atoms. The summed E-state index contributed by atoms with van der Waals surface area (Å²) >= 11 is 0. The summed E-state index contributed by atoms with van der Waals surface area (Å²) in [4.78, 5) is 23.4. The summed E-state index contributed by atoms with van der Waals surface area (Å²) in [7, 11) is 0. The fourth-order valence-corrected chi connectivity index (χ4v) is 1.57. The number of benzene rings is 1. The van der Waals surface area contributed by atoms with Crippen LogP contribution in [0.2, 0.25) is 0 Å². The Hall–Kier alpha value is -2.83. The molecule has 2 aromatic rings. The van der Waals surface area contributed by atoms with Crippen LogP contribution in [-0.2, 0) is 9.59 Å². The summed E-state index contributed by atoms with van der Waals surface area (Å²) in [5, 5.41) is 8.31. The molecule has 2 amide bonds. The molecule has 4 N–H and O–H groups in total. The van der Waals surface area contributed by atoms with Crippen molar-refractivity contribution in [3.05, 3.63) is 35.6 Å². The normalized spacial score (nSPS) is 10.1. The van der Waals surface area contributed by atoms with Gasteiger partial charge in [0.2, 0.25) is 0 Å². The number of aryl methyl sites for hydroxylation is 2. The lowest BCUT2D eigenvalue weighted by Gasteiger charge is -2.08. The van der Waals surface area contributed by atoms with Crippen LogP contribution in [0.1, 0.15) is 11.3 Å². The molecule has 0 saturated carbocycles. The maximum atomic E-state index is 11.7. The maximum absolute atomic E-state index is 11.7. The highest BCUT2D eigenvalue weighted by Gasteiger charge is 2.16. The Kier molecular flexibility index (Phi) is 3.69. The van der Waals surface area contributed by atoms with Gasteiger partial charge in [0, 0.05) is 6.07 Å². The van der Waals surface area contributed by atoms with Gasteiger partial charge in [-0.25, -0.2) is 0 Å². The van der Waals surface area contributed by atoms with E-state index < -0.39 is 11.8 Å². The molecule has 7 heteroatoms. The smallest absolute Gasteiger partial charge is 0.315 e. The van der Waals surface area contributed by atoms with E-state index in [-0.39, 0.29) is 5.82 Å². The van der Waals surface area contributed by atoms with Crippen LogP contribution in [-0.4, -0.2) is 17.0 Å². The first kappa shape index (κ1) is 13.6. The Morgan fingerprint density at radius 2 is 1.85 bits per heavy atom. The highest BCUT2D eigenvalue weighted by atomic mass is 16.5. The van der Waals surface area contributed by atoms with E-state index in [1.165, 1.54) is 6.07 Å². The van der Waals surface area contributed by atoms with Crippen molar-refractivity contribution in [2.24, 2.45) is 0 Å². The first-order chi connectivity index (χ1) is 9.45. The van der Waals surface area contributed by atoms with Crippen LogP contribution in [0, 0.1) is 13.8 Å². The molecule has 20 heavy (non-hydrogen) atoms. The predicted octanol–water partition coefficient (Wildman–Crippen LogP) is 1.45. The van der Waals surface area contributed by atoms with Gasteiger partial charge < -0.3 is 15.6 Å². The molecule has 104 valence electrons. The monoisotopic (exact) mass is 274 g/mol. The maximum Gasteiger partial charge on any atom is 0.315 e. The average Bonchev–Trinajstić information content (AvgIpc) is 2.78. The van der Waals surface area contributed by atoms with Crippen molar-refractivity contribution < 1.29 is 14.1 Å². The summed E-state index contributed by atoms with van der Waals surface area (Å²) in [5.74, 6) is -0.970. The van der Waals surface area contributed by atoms with Crippen molar-refractivity contribution in [2.45, 2.75) is 13.8 Å². The zero-order chi connectivity index (χ0) is 14.7. The molecule has 0 radical (unpaired) electrons. The summed E-state index contributed by atoms with van der Waals surface area (Å²) in [6, 6.07) is 6.63. The zero-order valence-corrected chi connectivity index (χ0v) is 11.1. The number of nitrogens with one attached hydrogen (secondary N) is 2. The lowest BCUT2D eigenvalue weighted by Crippen LogP contribution is -2.29. The van der Waals surface area contributed by atoms with Crippen LogP contribution in [0.25, 0.3) is 0 Å². The van der Waals surface area contributed by atoms with Gasteiger partial charge in [0.1, 0.15) is 5.76 Å². The van der Waals surface area contributed by atoms with Crippen molar-refractivity contribution in [3.8, 4) is 0 Å². The van der Waals surface area contributed by atoms with Crippen molar-refractivity contribution in [2.75, 3.05) is 16.4 Å². The summed E-state index contributed by atoms with van der Waals surface area (Å²) in [6.45, 7) is 3.55. The second-order valence-corrected chi connectivity index (χ2v) is 4.32. The summed E-state index contributed by atoms with van der Waals surface area (Å²) in [5.41, 5.74) is 7.49. The van der Waals surface area contributed by atoms with Gasteiger partial charge in [-0.2, -0.15) is 0 Å². The Balaban J connectivity index is 2.02. The predicted molar refractivity (Wildman–Crippen MR) is 74.1 cm³/mol. The number of carbonyl (C=O) groups is 2. The molecule has 1 aromatic carbocycles. The Labute approximate surface area is 115 Å². The summed E-state index contributed by atoms with van der Waals surface area (Å²) < 4.78 is 4.78. The number of amides is 2. The first-order valence-electron chi connectivity index (χ1n) is 5.87. The molecular weight excluding hydrogens is 260 g/mol. The van der Waals surface area contributed by atoms with Gasteiger partial charge in [0.25, 0.3) is 0 Å². The first-order valence-corrected chi connectivity index (χ1v) is 5.87. The van der Waals surface area contributed by atoms with E-state index in [1.807, 2.05) is 6.92 Å². The van der Waals surface area contributed by atoms with Gasteiger partial charge in [-0.05, 0) is 31.5 Å². The van der Waals surface area contributed by atoms with E-state index in [0.717, 1.165) is 5.56 Å². The number of rotatable bonds is 2. The standard InChI is InChI=1S/C13H14N4O3/c1-7-3-4-10(9(14)5-7)15-12(18)13(19)16-11-6-8(2)20-17-11/h3-6H,14H2,1-2H3,(H,15,18)(H,16,17,19). The van der Waals surface area contributed by atoms with Gasteiger partial charge in [-0.15, -0.1) is 0 Å². The highest BCUT2D eigenvalue weighted by molar-refractivity contribution is 6.43. The van der Waals surface area contributed by atoms with Crippen LogP contribution in [0.4, 0.5) is 17.2 Å². The van der Waals surface area contributed by atoms with E-state index in [0.29, 0.717) is 17.1 Å². The molecule has 0 atom stereocenters. The Bertz CT molecular complexity index is 663. The van der Waals surface area contributed by atoms with Crippen LogP contribution in [0.15, 0.2) is 28.8 Å². The number of nitrogen functional groups attached to an aromatic ring is 1. The number of aromatic nitrogens is 1. The third-order valence-electron chi connectivity index (χ3n) is 2.53. The molecule has 0 aliphatic heterocycles. The van der Waals surface area contributed by atoms with Gasteiger partial charge in [0.15, 0.2) is 5.82 Å². The minimum Gasteiger partial charge on any atom is -0.397 e. The number of nitrogens with two attached hydrogens (primary N) is 1. The van der Waals surface area contributed by atoms with Crippen molar-refractivity contribution in [3.63, 3.8) is 0 Å². The van der Waals surface area contributed by atoms with Crippen molar-refractivity contribution >= 4 is 29.0 Å². The highest BCUT2D eigenvalue weighted by Crippen LogP contribution is 2.19.